The number of esters is 1. The van der Waals surface area contributed by atoms with Crippen molar-refractivity contribution in [2.45, 2.75) is 20.4 Å². The van der Waals surface area contributed by atoms with Gasteiger partial charge in [-0.3, -0.25) is 4.68 Å². The van der Waals surface area contributed by atoms with Gasteiger partial charge in [0.2, 0.25) is 0 Å². The summed E-state index contributed by atoms with van der Waals surface area (Å²) in [5.74, 6) is -0.431. The highest BCUT2D eigenvalue weighted by Crippen LogP contribution is 2.25. The van der Waals surface area contributed by atoms with E-state index in [0.717, 1.165) is 11.3 Å². The first-order chi connectivity index (χ1) is 9.52. The molecule has 0 N–H and O–H groups in total. The van der Waals surface area contributed by atoms with Crippen LogP contribution in [0.15, 0.2) is 24.3 Å². The Kier molecular flexibility index (Phi) is 4.68. The van der Waals surface area contributed by atoms with Crippen molar-refractivity contribution in [3.8, 4) is 0 Å². The summed E-state index contributed by atoms with van der Waals surface area (Å²) < 4.78 is 6.61. The molecular formula is C14H14Cl2N2O2. The molecule has 0 atom stereocenters. The smallest absolute Gasteiger partial charge is 0.358 e. The molecule has 0 radical (unpaired) electrons. The predicted molar refractivity (Wildman–Crippen MR) is 78.5 cm³/mol. The van der Waals surface area contributed by atoms with Crippen LogP contribution in [0.5, 0.6) is 0 Å². The highest BCUT2D eigenvalue weighted by atomic mass is 35.5. The van der Waals surface area contributed by atoms with Gasteiger partial charge in [0, 0.05) is 21.3 Å². The lowest BCUT2D eigenvalue weighted by molar-refractivity contribution is 0.0518. The number of aryl methyl sites for hydroxylation is 1. The van der Waals surface area contributed by atoms with Gasteiger partial charge in [-0.05, 0) is 32.0 Å². The third-order valence-electron chi connectivity index (χ3n) is 2.84. The van der Waals surface area contributed by atoms with Crippen LogP contribution in [0.25, 0.3) is 0 Å². The molecule has 2 rings (SSSR count). The number of carbonyl (C=O) groups is 1. The fraction of sp³-hybridized carbons (Fsp3) is 0.286. The minimum Gasteiger partial charge on any atom is -0.461 e. The molecule has 0 amide bonds. The quantitative estimate of drug-likeness (QED) is 0.808. The van der Waals surface area contributed by atoms with E-state index in [1.165, 1.54) is 0 Å². The molecule has 0 unspecified atom stereocenters. The summed E-state index contributed by atoms with van der Waals surface area (Å²) >= 11 is 12.3. The van der Waals surface area contributed by atoms with Gasteiger partial charge in [0.25, 0.3) is 0 Å². The maximum absolute atomic E-state index is 11.6. The van der Waals surface area contributed by atoms with Crippen molar-refractivity contribution >= 4 is 29.2 Å². The Morgan fingerprint density at radius 3 is 2.60 bits per heavy atom. The molecule has 0 saturated carbocycles. The number of benzene rings is 1. The Hall–Kier alpha value is -1.52. The maximum Gasteiger partial charge on any atom is 0.358 e. The fourth-order valence-corrected chi connectivity index (χ4v) is 2.33. The number of nitrogens with zero attached hydrogens (tertiary/aromatic N) is 2. The zero-order valence-corrected chi connectivity index (χ0v) is 12.7. The lowest BCUT2D eigenvalue weighted by atomic mass is 10.2. The molecule has 0 aliphatic heterocycles. The summed E-state index contributed by atoms with van der Waals surface area (Å²) in [7, 11) is 0. The third-order valence-corrected chi connectivity index (χ3v) is 3.54. The molecule has 4 nitrogen and oxygen atoms in total. The highest BCUT2D eigenvalue weighted by Gasteiger charge is 2.15. The summed E-state index contributed by atoms with van der Waals surface area (Å²) in [6.07, 6.45) is 0. The van der Waals surface area contributed by atoms with Gasteiger partial charge in [-0.1, -0.05) is 29.3 Å². The first-order valence-electron chi connectivity index (χ1n) is 6.17. The molecule has 0 bridgehead atoms. The first-order valence-corrected chi connectivity index (χ1v) is 6.93. The topological polar surface area (TPSA) is 44.1 Å². The number of carbonyl (C=O) groups excluding carboxylic acids is 1. The first kappa shape index (κ1) is 14.9. The number of rotatable bonds is 4. The summed E-state index contributed by atoms with van der Waals surface area (Å²) in [6.45, 7) is 4.34. The minimum absolute atomic E-state index is 0.285. The SMILES string of the molecule is CCOC(=O)c1cc(C)n(Cc2c(Cl)cccc2Cl)n1. The molecule has 106 valence electrons. The normalized spacial score (nSPS) is 10.6. The van der Waals surface area contributed by atoms with Gasteiger partial charge in [0.15, 0.2) is 5.69 Å². The third kappa shape index (κ3) is 3.14. The van der Waals surface area contributed by atoms with Crippen LogP contribution in [-0.4, -0.2) is 22.4 Å². The lowest BCUT2D eigenvalue weighted by Crippen LogP contribution is -2.09. The van der Waals surface area contributed by atoms with Crippen molar-refractivity contribution in [1.82, 2.24) is 9.78 Å². The molecule has 0 aliphatic rings. The van der Waals surface area contributed by atoms with Gasteiger partial charge in [-0.15, -0.1) is 0 Å². The van der Waals surface area contributed by atoms with E-state index in [4.69, 9.17) is 27.9 Å². The van der Waals surface area contributed by atoms with Crippen LogP contribution in [0, 0.1) is 6.92 Å². The lowest BCUT2D eigenvalue weighted by Gasteiger charge is -2.08. The Bertz CT molecular complexity index is 618. The molecule has 0 fully saturated rings. The zero-order valence-electron chi connectivity index (χ0n) is 11.2. The second-order valence-electron chi connectivity index (χ2n) is 4.25. The van der Waals surface area contributed by atoms with E-state index in [1.54, 1.807) is 35.9 Å². The monoisotopic (exact) mass is 312 g/mol. The van der Waals surface area contributed by atoms with Crippen molar-refractivity contribution in [2.75, 3.05) is 6.61 Å². The van der Waals surface area contributed by atoms with E-state index in [9.17, 15) is 4.79 Å². The van der Waals surface area contributed by atoms with E-state index >= 15 is 0 Å². The number of aromatic nitrogens is 2. The minimum atomic E-state index is -0.431. The van der Waals surface area contributed by atoms with E-state index < -0.39 is 5.97 Å². The molecule has 1 aromatic carbocycles. The van der Waals surface area contributed by atoms with Crippen molar-refractivity contribution in [2.24, 2.45) is 0 Å². The Morgan fingerprint density at radius 1 is 1.35 bits per heavy atom. The van der Waals surface area contributed by atoms with Crippen molar-refractivity contribution in [3.63, 3.8) is 0 Å². The number of halogens is 2. The molecule has 0 saturated heterocycles. The van der Waals surface area contributed by atoms with Gasteiger partial charge in [0.1, 0.15) is 0 Å². The molecular weight excluding hydrogens is 299 g/mol. The molecule has 0 aliphatic carbocycles. The molecule has 1 heterocycles. The maximum atomic E-state index is 11.6. The number of hydrogen-bond donors (Lipinski definition) is 0. The van der Waals surface area contributed by atoms with Crippen LogP contribution in [-0.2, 0) is 11.3 Å². The summed E-state index contributed by atoms with van der Waals surface area (Å²) in [5, 5.41) is 5.38. The van der Waals surface area contributed by atoms with Gasteiger partial charge >= 0.3 is 5.97 Å². The Balaban J connectivity index is 2.28. The van der Waals surface area contributed by atoms with E-state index in [2.05, 4.69) is 5.10 Å². The molecule has 2 aromatic rings. The van der Waals surface area contributed by atoms with E-state index in [0.29, 0.717) is 23.2 Å². The van der Waals surface area contributed by atoms with Crippen LogP contribution >= 0.6 is 23.2 Å². The fourth-order valence-electron chi connectivity index (χ4n) is 1.81. The average molecular weight is 313 g/mol. The van der Waals surface area contributed by atoms with Gasteiger partial charge in [0.05, 0.1) is 13.2 Å². The van der Waals surface area contributed by atoms with Crippen molar-refractivity contribution < 1.29 is 9.53 Å². The van der Waals surface area contributed by atoms with Crippen LogP contribution in [0.2, 0.25) is 10.0 Å². The van der Waals surface area contributed by atoms with Crippen molar-refractivity contribution in [3.05, 3.63) is 51.3 Å². The molecule has 0 spiro atoms. The molecule has 6 heteroatoms. The van der Waals surface area contributed by atoms with Crippen LogP contribution in [0.1, 0.15) is 28.7 Å². The molecule has 20 heavy (non-hydrogen) atoms. The number of ether oxygens (including phenoxy) is 1. The standard InChI is InChI=1S/C14H14Cl2N2O2/c1-3-20-14(19)13-7-9(2)18(17-13)8-10-11(15)5-4-6-12(10)16/h4-7H,3,8H2,1-2H3. The summed E-state index contributed by atoms with van der Waals surface area (Å²) in [6, 6.07) is 7.01. The zero-order chi connectivity index (χ0) is 14.7. The Labute approximate surface area is 127 Å². The summed E-state index contributed by atoms with van der Waals surface area (Å²) in [5.41, 5.74) is 1.90. The Morgan fingerprint density at radius 2 is 2.00 bits per heavy atom. The highest BCUT2D eigenvalue weighted by molar-refractivity contribution is 6.35. The van der Waals surface area contributed by atoms with E-state index in [-0.39, 0.29) is 5.69 Å². The van der Waals surface area contributed by atoms with Gasteiger partial charge in [-0.25, -0.2) is 4.79 Å². The van der Waals surface area contributed by atoms with Gasteiger partial charge < -0.3 is 4.74 Å². The largest absolute Gasteiger partial charge is 0.461 e. The van der Waals surface area contributed by atoms with Crippen LogP contribution in [0.3, 0.4) is 0 Å². The van der Waals surface area contributed by atoms with Crippen LogP contribution < -0.4 is 0 Å². The van der Waals surface area contributed by atoms with E-state index in [1.807, 2.05) is 6.92 Å². The second kappa shape index (κ2) is 6.29. The number of hydrogen-bond acceptors (Lipinski definition) is 3. The molecule has 1 aromatic heterocycles. The van der Waals surface area contributed by atoms with Gasteiger partial charge in [-0.2, -0.15) is 5.10 Å². The average Bonchev–Trinajstić information content (AvgIpc) is 2.76. The predicted octanol–water partition coefficient (Wildman–Crippen LogP) is 3.72. The van der Waals surface area contributed by atoms with Crippen molar-refractivity contribution in [1.29, 1.82) is 0 Å². The summed E-state index contributed by atoms with van der Waals surface area (Å²) in [4.78, 5) is 11.6. The second-order valence-corrected chi connectivity index (χ2v) is 5.06. The van der Waals surface area contributed by atoms with Crippen LogP contribution in [0.4, 0.5) is 0 Å².